The van der Waals surface area contributed by atoms with Crippen molar-refractivity contribution in [2.24, 2.45) is 5.73 Å². The topological polar surface area (TPSA) is 95.5 Å². The van der Waals surface area contributed by atoms with Crippen LogP contribution in [0.1, 0.15) is 40.7 Å². The molecule has 2 fully saturated rings. The smallest absolute Gasteiger partial charge is 0.248 e. The van der Waals surface area contributed by atoms with Crippen molar-refractivity contribution in [1.29, 1.82) is 5.26 Å². The van der Waals surface area contributed by atoms with Crippen LogP contribution >= 0.6 is 0 Å². The molecule has 0 bridgehead atoms. The Hall–Kier alpha value is -3.47. The Kier molecular flexibility index (Phi) is 6.18. The fourth-order valence-corrected chi connectivity index (χ4v) is 5.48. The number of primary amides is 1. The van der Waals surface area contributed by atoms with Gasteiger partial charge in [-0.15, -0.1) is 0 Å². The van der Waals surface area contributed by atoms with Gasteiger partial charge in [0.25, 0.3) is 0 Å². The summed E-state index contributed by atoms with van der Waals surface area (Å²) in [5.41, 5.74) is 9.72. The van der Waals surface area contributed by atoms with Crippen LogP contribution in [0.4, 0.5) is 5.69 Å². The molecule has 2 aromatic carbocycles. The number of morpholine rings is 1. The third kappa shape index (κ3) is 4.35. The number of likely N-dealkylation sites (tertiary alicyclic amines) is 1. The lowest BCUT2D eigenvalue weighted by Crippen LogP contribution is -2.50. The number of anilines is 1. The van der Waals surface area contributed by atoms with E-state index in [0.29, 0.717) is 17.0 Å². The zero-order valence-corrected chi connectivity index (χ0v) is 19.4. The van der Waals surface area contributed by atoms with E-state index in [9.17, 15) is 10.1 Å². The van der Waals surface area contributed by atoms with Gasteiger partial charge in [0.1, 0.15) is 6.07 Å². The van der Waals surface area contributed by atoms with E-state index < -0.39 is 0 Å². The molecule has 34 heavy (non-hydrogen) atoms. The van der Waals surface area contributed by atoms with Gasteiger partial charge in [0.15, 0.2) is 0 Å². The Labute approximate surface area is 199 Å². The number of carbonyl (C=O) groups excluding carboxylic acids is 1. The Morgan fingerprint density at radius 3 is 2.85 bits per heavy atom. The second-order valence-corrected chi connectivity index (χ2v) is 9.31. The van der Waals surface area contributed by atoms with Crippen molar-refractivity contribution in [2.45, 2.75) is 31.5 Å². The highest BCUT2D eigenvalue weighted by Gasteiger charge is 2.32. The van der Waals surface area contributed by atoms with Crippen molar-refractivity contribution in [1.82, 2.24) is 9.88 Å². The predicted octanol–water partition coefficient (Wildman–Crippen LogP) is 3.29. The molecule has 3 aromatic rings. The highest BCUT2D eigenvalue weighted by atomic mass is 16.5. The molecule has 2 N–H and O–H groups in total. The number of benzene rings is 2. The molecule has 1 aromatic heterocycles. The third-order valence-electron chi connectivity index (χ3n) is 6.93. The summed E-state index contributed by atoms with van der Waals surface area (Å²) in [6.07, 6.45) is 2.89. The standard InChI is InChI=1S/C27H29N5O2/c1-18-14-32(25-9-8-19(13-28)26-24(25)7-4-11-30-26)17-21(34-18)16-31-12-10-20(15-31)22-5-2-3-6-23(22)27(29)33/h2-9,11,18,20-21H,10,12,14-17H2,1H3,(H2,29,33)/t18-,20-,21+/m1/s1. The number of rotatable bonds is 5. The van der Waals surface area contributed by atoms with Crippen molar-refractivity contribution < 1.29 is 9.53 Å². The highest BCUT2D eigenvalue weighted by Crippen LogP contribution is 2.32. The van der Waals surface area contributed by atoms with Gasteiger partial charge in [-0.25, -0.2) is 0 Å². The number of pyridine rings is 1. The molecule has 0 unspecified atom stereocenters. The van der Waals surface area contributed by atoms with Crippen LogP contribution in [0, 0.1) is 11.3 Å². The minimum absolute atomic E-state index is 0.0660. The maximum absolute atomic E-state index is 11.9. The summed E-state index contributed by atoms with van der Waals surface area (Å²) in [5, 5.41) is 10.5. The first-order valence-electron chi connectivity index (χ1n) is 11.8. The summed E-state index contributed by atoms with van der Waals surface area (Å²) in [4.78, 5) is 21.1. The number of hydrogen-bond donors (Lipinski definition) is 1. The first-order valence-corrected chi connectivity index (χ1v) is 11.8. The van der Waals surface area contributed by atoms with Gasteiger partial charge in [0.2, 0.25) is 5.91 Å². The van der Waals surface area contributed by atoms with Crippen molar-refractivity contribution in [3.8, 4) is 6.07 Å². The zero-order chi connectivity index (χ0) is 23.7. The van der Waals surface area contributed by atoms with Gasteiger partial charge in [-0.3, -0.25) is 9.78 Å². The molecule has 2 aliphatic rings. The Morgan fingerprint density at radius 1 is 1.18 bits per heavy atom. The molecule has 0 saturated carbocycles. The first-order chi connectivity index (χ1) is 16.5. The molecule has 5 rings (SSSR count). The van der Waals surface area contributed by atoms with Crippen LogP contribution in [0.5, 0.6) is 0 Å². The van der Waals surface area contributed by atoms with E-state index in [2.05, 4.69) is 27.8 Å². The molecule has 0 spiro atoms. The number of nitrogens with zero attached hydrogens (tertiary/aromatic N) is 4. The third-order valence-corrected chi connectivity index (χ3v) is 6.93. The van der Waals surface area contributed by atoms with Gasteiger partial charge in [0.05, 0.1) is 23.3 Å². The quantitative estimate of drug-likeness (QED) is 0.634. The number of hydrogen-bond acceptors (Lipinski definition) is 6. The van der Waals surface area contributed by atoms with Crippen LogP contribution in [0.2, 0.25) is 0 Å². The van der Waals surface area contributed by atoms with Gasteiger partial charge in [-0.2, -0.15) is 5.26 Å². The number of fused-ring (bicyclic) bond motifs is 1. The second kappa shape index (κ2) is 9.41. The number of carbonyl (C=O) groups is 1. The number of ether oxygens (including phenoxy) is 1. The Balaban J connectivity index is 1.31. The van der Waals surface area contributed by atoms with Crippen LogP contribution in [0.25, 0.3) is 10.9 Å². The normalized spacial score (nSPS) is 23.2. The van der Waals surface area contributed by atoms with Crippen LogP contribution in [0.15, 0.2) is 54.7 Å². The Bertz CT molecular complexity index is 1250. The van der Waals surface area contributed by atoms with Crippen molar-refractivity contribution in [2.75, 3.05) is 37.6 Å². The molecular weight excluding hydrogens is 426 g/mol. The van der Waals surface area contributed by atoms with E-state index in [-0.39, 0.29) is 18.1 Å². The van der Waals surface area contributed by atoms with Crippen LogP contribution in [-0.4, -0.2) is 60.7 Å². The van der Waals surface area contributed by atoms with Crippen LogP contribution in [-0.2, 0) is 4.74 Å². The molecular formula is C27H29N5O2. The number of nitrogens with two attached hydrogens (primary N) is 1. The Morgan fingerprint density at radius 2 is 2.03 bits per heavy atom. The maximum Gasteiger partial charge on any atom is 0.248 e. The lowest BCUT2D eigenvalue weighted by Gasteiger charge is -2.40. The fraction of sp³-hybridized carbons (Fsp3) is 0.370. The van der Waals surface area contributed by atoms with E-state index in [0.717, 1.165) is 61.3 Å². The molecule has 174 valence electrons. The number of nitriles is 1. The van der Waals surface area contributed by atoms with Gasteiger partial charge in [-0.05, 0) is 61.7 Å². The summed E-state index contributed by atoms with van der Waals surface area (Å²) < 4.78 is 6.33. The highest BCUT2D eigenvalue weighted by molar-refractivity contribution is 5.95. The summed E-state index contributed by atoms with van der Waals surface area (Å²) in [6.45, 7) is 6.37. The number of amides is 1. The molecule has 7 nitrogen and oxygen atoms in total. The largest absolute Gasteiger partial charge is 0.370 e. The molecule has 3 heterocycles. The van der Waals surface area contributed by atoms with E-state index in [4.69, 9.17) is 10.5 Å². The van der Waals surface area contributed by atoms with E-state index in [1.54, 1.807) is 6.20 Å². The molecule has 0 radical (unpaired) electrons. The summed E-state index contributed by atoms with van der Waals surface area (Å²) >= 11 is 0. The molecule has 2 saturated heterocycles. The first kappa shape index (κ1) is 22.3. The molecule has 3 atom stereocenters. The average Bonchev–Trinajstić information content (AvgIpc) is 3.31. The molecule has 0 aliphatic carbocycles. The summed E-state index contributed by atoms with van der Waals surface area (Å²) in [6, 6.07) is 17.8. The summed E-state index contributed by atoms with van der Waals surface area (Å²) in [5.74, 6) is -0.0624. The van der Waals surface area contributed by atoms with Crippen molar-refractivity contribution >= 4 is 22.5 Å². The van der Waals surface area contributed by atoms with Crippen molar-refractivity contribution in [3.05, 3.63) is 71.4 Å². The molecule has 1 amide bonds. The minimum Gasteiger partial charge on any atom is -0.370 e. The SMILES string of the molecule is C[C@@H]1CN(c2ccc(C#N)c3ncccc23)C[C@H](CN2CC[C@@H](c3ccccc3C(N)=O)C2)O1. The molecule has 7 heteroatoms. The number of aromatic nitrogens is 1. The second-order valence-electron chi connectivity index (χ2n) is 9.31. The van der Waals surface area contributed by atoms with E-state index in [1.165, 1.54) is 0 Å². The van der Waals surface area contributed by atoms with E-state index in [1.807, 2.05) is 48.5 Å². The van der Waals surface area contributed by atoms with Crippen molar-refractivity contribution in [3.63, 3.8) is 0 Å². The lowest BCUT2D eigenvalue weighted by atomic mass is 9.93. The fourth-order valence-electron chi connectivity index (χ4n) is 5.48. The van der Waals surface area contributed by atoms with Gasteiger partial charge in [0, 0.05) is 49.0 Å². The average molecular weight is 456 g/mol. The minimum atomic E-state index is -0.363. The van der Waals surface area contributed by atoms with Gasteiger partial charge < -0.3 is 20.3 Å². The summed E-state index contributed by atoms with van der Waals surface area (Å²) in [7, 11) is 0. The molecule has 2 aliphatic heterocycles. The van der Waals surface area contributed by atoms with E-state index >= 15 is 0 Å². The maximum atomic E-state index is 11.9. The van der Waals surface area contributed by atoms with Crippen LogP contribution in [0.3, 0.4) is 0 Å². The predicted molar refractivity (Wildman–Crippen MR) is 132 cm³/mol. The lowest BCUT2D eigenvalue weighted by molar-refractivity contribution is -0.0295. The monoisotopic (exact) mass is 455 g/mol. The van der Waals surface area contributed by atoms with Gasteiger partial charge >= 0.3 is 0 Å². The van der Waals surface area contributed by atoms with Gasteiger partial charge in [-0.1, -0.05) is 18.2 Å². The van der Waals surface area contributed by atoms with Crippen LogP contribution < -0.4 is 10.6 Å². The zero-order valence-electron chi connectivity index (χ0n) is 19.4.